The van der Waals surface area contributed by atoms with Crippen LogP contribution in [0.25, 0.3) is 10.9 Å². The van der Waals surface area contributed by atoms with Gasteiger partial charge in [0, 0.05) is 32.9 Å². The van der Waals surface area contributed by atoms with Crippen molar-refractivity contribution in [3.05, 3.63) is 57.4 Å². The number of aromatic nitrogens is 1. The molecule has 4 heteroatoms. The zero-order valence-electron chi connectivity index (χ0n) is 8.85. The molecule has 0 spiro atoms. The van der Waals surface area contributed by atoms with Gasteiger partial charge in [0.1, 0.15) is 6.10 Å². The molecule has 0 bridgehead atoms. The molecular formula is C13H10ClNOS. The largest absolute Gasteiger partial charge is 0.383 e. The van der Waals surface area contributed by atoms with Gasteiger partial charge >= 0.3 is 0 Å². The number of fused-ring (bicyclic) bond motifs is 1. The number of aliphatic hydroxyl groups is 1. The molecule has 0 amide bonds. The second-order valence-corrected chi connectivity index (χ2v) is 5.24. The average Bonchev–Trinajstić information content (AvgIpc) is 2.94. The van der Waals surface area contributed by atoms with Crippen LogP contribution >= 0.6 is 22.9 Å². The van der Waals surface area contributed by atoms with Gasteiger partial charge in [0.2, 0.25) is 0 Å². The Morgan fingerprint density at radius 3 is 2.88 bits per heavy atom. The zero-order chi connectivity index (χ0) is 11.8. The summed E-state index contributed by atoms with van der Waals surface area (Å²) in [6.45, 7) is 0. The maximum atomic E-state index is 10.3. The molecule has 86 valence electrons. The molecule has 0 radical (unpaired) electrons. The van der Waals surface area contributed by atoms with Crippen molar-refractivity contribution < 1.29 is 5.11 Å². The summed E-state index contributed by atoms with van der Waals surface area (Å²) in [4.78, 5) is 4.02. The van der Waals surface area contributed by atoms with Crippen LogP contribution in [0.3, 0.4) is 0 Å². The monoisotopic (exact) mass is 263 g/mol. The zero-order valence-corrected chi connectivity index (χ0v) is 10.4. The normalized spacial score (nSPS) is 13.1. The minimum absolute atomic E-state index is 0.622. The number of aliphatic hydroxyl groups excluding tert-OH is 1. The van der Waals surface area contributed by atoms with Crippen LogP contribution in [0.5, 0.6) is 0 Å². The number of rotatable bonds is 2. The maximum absolute atomic E-state index is 10.3. The summed E-state index contributed by atoms with van der Waals surface area (Å²) in [6.07, 6.45) is 1.23. The Labute approximate surface area is 107 Å². The average molecular weight is 264 g/mol. The number of benzene rings is 1. The lowest BCUT2D eigenvalue weighted by Crippen LogP contribution is -1.95. The molecule has 0 aliphatic rings. The maximum Gasteiger partial charge on any atom is 0.115 e. The molecule has 3 rings (SSSR count). The summed E-state index contributed by atoms with van der Waals surface area (Å²) in [5.74, 6) is 0. The van der Waals surface area contributed by atoms with Gasteiger partial charge in [0.05, 0.1) is 5.02 Å². The Morgan fingerprint density at radius 1 is 1.29 bits per heavy atom. The predicted octanol–water partition coefficient (Wildman–Crippen LogP) is 3.96. The third-order valence-electron chi connectivity index (χ3n) is 2.77. The molecule has 2 nitrogen and oxygen atoms in total. The first kappa shape index (κ1) is 10.8. The molecule has 0 saturated carbocycles. The second-order valence-electron chi connectivity index (χ2n) is 3.86. The summed E-state index contributed by atoms with van der Waals surface area (Å²) >= 11 is 7.34. The van der Waals surface area contributed by atoms with E-state index in [1.165, 1.54) is 11.3 Å². The molecule has 17 heavy (non-hydrogen) atoms. The summed E-state index contributed by atoms with van der Waals surface area (Å²) in [6, 6.07) is 9.73. The number of thiophene rings is 1. The minimum atomic E-state index is -0.622. The molecule has 2 N–H and O–H groups in total. The Kier molecular flexibility index (Phi) is 2.67. The van der Waals surface area contributed by atoms with Gasteiger partial charge in [0.15, 0.2) is 0 Å². The van der Waals surface area contributed by atoms with Crippen LogP contribution in [0.2, 0.25) is 5.02 Å². The third kappa shape index (κ3) is 1.86. The highest BCUT2D eigenvalue weighted by atomic mass is 35.5. The van der Waals surface area contributed by atoms with Crippen molar-refractivity contribution in [2.75, 3.05) is 0 Å². The lowest BCUT2D eigenvalue weighted by atomic mass is 10.1. The van der Waals surface area contributed by atoms with Crippen molar-refractivity contribution in [2.24, 2.45) is 0 Å². The first-order valence-electron chi connectivity index (χ1n) is 5.24. The molecule has 1 unspecified atom stereocenters. The van der Waals surface area contributed by atoms with Crippen LogP contribution in [0.4, 0.5) is 0 Å². The van der Waals surface area contributed by atoms with Crippen molar-refractivity contribution >= 4 is 33.8 Å². The van der Waals surface area contributed by atoms with Gasteiger partial charge in [0.25, 0.3) is 0 Å². The molecule has 3 aromatic rings. The van der Waals surface area contributed by atoms with E-state index >= 15 is 0 Å². The highest BCUT2D eigenvalue weighted by molar-refractivity contribution is 7.10. The van der Waals surface area contributed by atoms with E-state index in [9.17, 15) is 5.11 Å². The van der Waals surface area contributed by atoms with E-state index in [0.717, 1.165) is 21.3 Å². The predicted molar refractivity (Wildman–Crippen MR) is 71.7 cm³/mol. The molecule has 2 heterocycles. The quantitative estimate of drug-likeness (QED) is 0.721. The molecule has 0 saturated heterocycles. The first-order chi connectivity index (χ1) is 8.25. The molecule has 1 atom stereocenters. The van der Waals surface area contributed by atoms with Crippen molar-refractivity contribution in [1.82, 2.24) is 4.98 Å². The van der Waals surface area contributed by atoms with Gasteiger partial charge in [-0.1, -0.05) is 29.8 Å². The lowest BCUT2D eigenvalue weighted by Gasteiger charge is -2.06. The second kappa shape index (κ2) is 4.18. The Morgan fingerprint density at radius 2 is 2.12 bits per heavy atom. The van der Waals surface area contributed by atoms with Gasteiger partial charge in [-0.2, -0.15) is 0 Å². The molecule has 0 fully saturated rings. The van der Waals surface area contributed by atoms with E-state index in [0.29, 0.717) is 5.02 Å². The highest BCUT2D eigenvalue weighted by Gasteiger charge is 2.16. The molecule has 2 aromatic heterocycles. The van der Waals surface area contributed by atoms with Crippen LogP contribution in [0.15, 0.2) is 41.9 Å². The molecule has 0 aliphatic heterocycles. The highest BCUT2D eigenvalue weighted by Crippen LogP contribution is 2.33. The van der Waals surface area contributed by atoms with Crippen LogP contribution in [0, 0.1) is 0 Å². The number of halogens is 1. The fourth-order valence-corrected chi connectivity index (χ4v) is 3.03. The Bertz CT molecular complexity index is 658. The van der Waals surface area contributed by atoms with Gasteiger partial charge < -0.3 is 10.1 Å². The number of H-pyrrole nitrogens is 1. The fourth-order valence-electron chi connectivity index (χ4n) is 1.95. The van der Waals surface area contributed by atoms with Crippen LogP contribution in [0.1, 0.15) is 16.5 Å². The van der Waals surface area contributed by atoms with E-state index in [1.807, 2.05) is 35.8 Å². The number of hydrogen-bond donors (Lipinski definition) is 2. The van der Waals surface area contributed by atoms with Crippen LogP contribution in [-0.4, -0.2) is 10.1 Å². The first-order valence-corrected chi connectivity index (χ1v) is 6.49. The van der Waals surface area contributed by atoms with Gasteiger partial charge in [-0.3, -0.25) is 0 Å². The van der Waals surface area contributed by atoms with Crippen molar-refractivity contribution in [2.45, 2.75) is 6.10 Å². The topological polar surface area (TPSA) is 36.0 Å². The third-order valence-corrected chi connectivity index (χ3v) is 4.11. The molecular weight excluding hydrogens is 254 g/mol. The van der Waals surface area contributed by atoms with Crippen LogP contribution in [-0.2, 0) is 0 Å². The Hall–Kier alpha value is -1.29. The summed E-state index contributed by atoms with van der Waals surface area (Å²) in [5, 5.41) is 13.9. The van der Waals surface area contributed by atoms with E-state index in [1.54, 1.807) is 6.07 Å². The minimum Gasteiger partial charge on any atom is -0.383 e. The van der Waals surface area contributed by atoms with Gasteiger partial charge in [-0.25, -0.2) is 0 Å². The van der Waals surface area contributed by atoms with E-state index in [4.69, 9.17) is 11.6 Å². The summed E-state index contributed by atoms with van der Waals surface area (Å²) in [7, 11) is 0. The molecule has 1 aromatic carbocycles. The number of para-hydroxylation sites is 1. The lowest BCUT2D eigenvalue weighted by molar-refractivity contribution is 0.226. The van der Waals surface area contributed by atoms with Crippen molar-refractivity contribution in [3.63, 3.8) is 0 Å². The van der Waals surface area contributed by atoms with Crippen LogP contribution < -0.4 is 0 Å². The summed E-state index contributed by atoms with van der Waals surface area (Å²) < 4.78 is 0. The van der Waals surface area contributed by atoms with Gasteiger partial charge in [-0.05, 0) is 12.1 Å². The fraction of sp³-hybridized carbons (Fsp3) is 0.0769. The molecule has 0 aliphatic carbocycles. The summed E-state index contributed by atoms with van der Waals surface area (Å²) in [5.41, 5.74) is 1.92. The SMILES string of the molecule is OC(c1cc(Cl)cs1)c1c[nH]c2ccccc12. The number of nitrogens with one attached hydrogen (secondary N) is 1. The van der Waals surface area contributed by atoms with Gasteiger partial charge in [-0.15, -0.1) is 11.3 Å². The van der Waals surface area contributed by atoms with Crippen molar-refractivity contribution in [3.8, 4) is 0 Å². The Balaban J connectivity index is 2.09. The standard InChI is InChI=1S/C13H10ClNOS/c14-8-5-12(17-7-8)13(16)10-6-15-11-4-2-1-3-9(10)11/h1-7,13,15-16H. The smallest absolute Gasteiger partial charge is 0.115 e. The number of aromatic amines is 1. The van der Waals surface area contributed by atoms with E-state index < -0.39 is 6.10 Å². The number of hydrogen-bond acceptors (Lipinski definition) is 2. The van der Waals surface area contributed by atoms with E-state index in [-0.39, 0.29) is 0 Å². The van der Waals surface area contributed by atoms with E-state index in [2.05, 4.69) is 4.98 Å². The van der Waals surface area contributed by atoms with Crippen molar-refractivity contribution in [1.29, 1.82) is 0 Å².